The van der Waals surface area contributed by atoms with Crippen LogP contribution in [0.5, 0.6) is 5.75 Å². The van der Waals surface area contributed by atoms with Crippen molar-refractivity contribution >= 4 is 27.7 Å². The van der Waals surface area contributed by atoms with Gasteiger partial charge in [0.05, 0.1) is 12.0 Å². The van der Waals surface area contributed by atoms with Crippen LogP contribution >= 0.6 is 0 Å². The van der Waals surface area contributed by atoms with Crippen molar-refractivity contribution in [3.05, 3.63) is 60.2 Å². The summed E-state index contributed by atoms with van der Waals surface area (Å²) in [4.78, 5) is 12.2. The van der Waals surface area contributed by atoms with Crippen LogP contribution in [0.15, 0.2) is 59.5 Å². The Bertz CT molecular complexity index is 891. The number of sulfonamides is 1. The van der Waals surface area contributed by atoms with E-state index in [1.165, 1.54) is 18.2 Å². The summed E-state index contributed by atoms with van der Waals surface area (Å²) >= 11 is 0. The Hall–Kier alpha value is -2.68. The molecule has 8 heteroatoms. The predicted octanol–water partition coefficient (Wildman–Crippen LogP) is 2.66. The molecule has 0 atom stereocenters. The molecular formula is C20H24N2O5S. The minimum absolute atomic E-state index is 0.136. The van der Waals surface area contributed by atoms with Crippen LogP contribution in [0.3, 0.4) is 0 Å². The molecule has 0 bridgehead atoms. The minimum Gasteiger partial charge on any atom is -0.497 e. The lowest BCUT2D eigenvalue weighted by molar-refractivity contribution is -0.111. The first-order chi connectivity index (χ1) is 13.4. The number of hydrogen-bond donors (Lipinski definition) is 2. The number of benzene rings is 2. The molecule has 150 valence electrons. The Morgan fingerprint density at radius 2 is 1.71 bits per heavy atom. The third-order valence-electron chi connectivity index (χ3n) is 3.79. The molecule has 0 saturated carbocycles. The van der Waals surface area contributed by atoms with Gasteiger partial charge in [0.2, 0.25) is 15.9 Å². The monoisotopic (exact) mass is 404 g/mol. The highest BCUT2D eigenvalue weighted by molar-refractivity contribution is 7.89. The number of anilines is 1. The van der Waals surface area contributed by atoms with Gasteiger partial charge in [0.1, 0.15) is 5.75 Å². The summed E-state index contributed by atoms with van der Waals surface area (Å²) in [5.41, 5.74) is 1.36. The summed E-state index contributed by atoms with van der Waals surface area (Å²) in [5, 5.41) is 2.69. The number of amides is 1. The van der Waals surface area contributed by atoms with Gasteiger partial charge >= 0.3 is 0 Å². The summed E-state index contributed by atoms with van der Waals surface area (Å²) in [7, 11) is -0.428. The Morgan fingerprint density at radius 1 is 1.04 bits per heavy atom. The van der Waals surface area contributed by atoms with Crippen molar-refractivity contribution in [2.24, 2.45) is 0 Å². The maximum atomic E-state index is 12.2. The highest BCUT2D eigenvalue weighted by Gasteiger charge is 2.13. The van der Waals surface area contributed by atoms with Crippen LogP contribution in [-0.2, 0) is 19.6 Å². The third kappa shape index (κ3) is 6.80. The zero-order valence-electron chi connectivity index (χ0n) is 15.8. The lowest BCUT2D eigenvalue weighted by Gasteiger charge is -2.08. The van der Waals surface area contributed by atoms with Gasteiger partial charge in [0.25, 0.3) is 0 Å². The molecule has 0 aliphatic rings. The van der Waals surface area contributed by atoms with Crippen molar-refractivity contribution in [3.63, 3.8) is 0 Å². The molecular weight excluding hydrogens is 380 g/mol. The molecule has 2 N–H and O–H groups in total. The van der Waals surface area contributed by atoms with Crippen molar-refractivity contribution in [1.29, 1.82) is 0 Å². The molecule has 2 aromatic carbocycles. The van der Waals surface area contributed by atoms with Crippen LogP contribution < -0.4 is 14.8 Å². The van der Waals surface area contributed by atoms with Crippen molar-refractivity contribution < 1.29 is 22.7 Å². The molecule has 0 aromatic heterocycles. The topological polar surface area (TPSA) is 93.7 Å². The molecule has 1 amide bonds. The van der Waals surface area contributed by atoms with Gasteiger partial charge in [-0.1, -0.05) is 12.1 Å². The molecule has 28 heavy (non-hydrogen) atoms. The van der Waals surface area contributed by atoms with Gasteiger partial charge in [0, 0.05) is 32.0 Å². The number of carbonyl (C=O) groups is 1. The average Bonchev–Trinajstić information content (AvgIpc) is 2.70. The fourth-order valence-corrected chi connectivity index (χ4v) is 3.37. The van der Waals surface area contributed by atoms with Gasteiger partial charge in [0.15, 0.2) is 0 Å². The second-order valence-electron chi connectivity index (χ2n) is 5.86. The molecule has 2 rings (SSSR count). The summed E-state index contributed by atoms with van der Waals surface area (Å²) in [6.07, 6.45) is 3.67. The largest absolute Gasteiger partial charge is 0.497 e. The maximum Gasteiger partial charge on any atom is 0.248 e. The first-order valence-electron chi connectivity index (χ1n) is 8.66. The Balaban J connectivity index is 1.91. The minimum atomic E-state index is -3.58. The first kappa shape index (κ1) is 21.6. The van der Waals surface area contributed by atoms with E-state index in [9.17, 15) is 13.2 Å². The third-order valence-corrected chi connectivity index (χ3v) is 5.27. The van der Waals surface area contributed by atoms with Crippen LogP contribution in [0.4, 0.5) is 5.69 Å². The van der Waals surface area contributed by atoms with E-state index in [-0.39, 0.29) is 10.8 Å². The van der Waals surface area contributed by atoms with E-state index in [0.29, 0.717) is 25.3 Å². The van der Waals surface area contributed by atoms with Crippen molar-refractivity contribution in [1.82, 2.24) is 4.72 Å². The molecule has 0 radical (unpaired) electrons. The fraction of sp³-hybridized carbons (Fsp3) is 0.250. The number of ether oxygens (including phenoxy) is 2. The van der Waals surface area contributed by atoms with Crippen LogP contribution in [0.1, 0.15) is 12.0 Å². The summed E-state index contributed by atoms with van der Waals surface area (Å²) < 4.78 is 36.8. The van der Waals surface area contributed by atoms with E-state index in [2.05, 4.69) is 10.0 Å². The molecule has 0 heterocycles. The molecule has 0 aliphatic carbocycles. The Kier molecular flexibility index (Phi) is 8.19. The predicted molar refractivity (Wildman–Crippen MR) is 109 cm³/mol. The molecule has 2 aromatic rings. The van der Waals surface area contributed by atoms with Gasteiger partial charge in [-0.3, -0.25) is 4.79 Å². The van der Waals surface area contributed by atoms with Gasteiger partial charge in [-0.15, -0.1) is 0 Å². The fourth-order valence-electron chi connectivity index (χ4n) is 2.29. The maximum absolute atomic E-state index is 12.2. The van der Waals surface area contributed by atoms with Gasteiger partial charge in [-0.2, -0.15) is 0 Å². The molecule has 0 fully saturated rings. The van der Waals surface area contributed by atoms with E-state index >= 15 is 0 Å². The molecule has 0 spiro atoms. The SMILES string of the molecule is COCCCNS(=O)(=O)c1ccc(NC(=O)C=Cc2ccc(OC)cc2)cc1. The second kappa shape index (κ2) is 10.6. The van der Waals surface area contributed by atoms with E-state index in [1.807, 2.05) is 12.1 Å². The second-order valence-corrected chi connectivity index (χ2v) is 7.63. The molecule has 0 saturated heterocycles. The van der Waals surface area contributed by atoms with Gasteiger partial charge in [-0.25, -0.2) is 13.1 Å². The first-order valence-corrected chi connectivity index (χ1v) is 10.1. The standard InChI is InChI=1S/C20H24N2O5S/c1-26-15-3-14-21-28(24,25)19-11-7-17(8-12-19)22-20(23)13-6-16-4-9-18(27-2)10-5-16/h4-13,21H,3,14-15H2,1-2H3,(H,22,23). The Morgan fingerprint density at radius 3 is 2.32 bits per heavy atom. The highest BCUT2D eigenvalue weighted by Crippen LogP contribution is 2.15. The smallest absolute Gasteiger partial charge is 0.248 e. The van der Waals surface area contributed by atoms with Crippen molar-refractivity contribution in [3.8, 4) is 5.75 Å². The summed E-state index contributed by atoms with van der Waals surface area (Å²) in [6, 6.07) is 13.3. The lowest BCUT2D eigenvalue weighted by Crippen LogP contribution is -2.25. The van der Waals surface area contributed by atoms with E-state index in [0.717, 1.165) is 11.3 Å². The van der Waals surface area contributed by atoms with Gasteiger partial charge < -0.3 is 14.8 Å². The normalized spacial score (nSPS) is 11.5. The zero-order chi connectivity index (χ0) is 20.4. The van der Waals surface area contributed by atoms with Crippen LogP contribution in [0.2, 0.25) is 0 Å². The van der Waals surface area contributed by atoms with E-state index < -0.39 is 10.0 Å². The van der Waals surface area contributed by atoms with Crippen molar-refractivity contribution in [2.75, 3.05) is 32.7 Å². The number of rotatable bonds is 10. The average molecular weight is 404 g/mol. The van der Waals surface area contributed by atoms with Gasteiger partial charge in [-0.05, 0) is 54.5 Å². The zero-order valence-corrected chi connectivity index (χ0v) is 16.7. The van der Waals surface area contributed by atoms with Crippen LogP contribution in [-0.4, -0.2) is 41.7 Å². The molecule has 7 nitrogen and oxygen atoms in total. The number of hydrogen-bond acceptors (Lipinski definition) is 5. The Labute approximate surface area is 165 Å². The van der Waals surface area contributed by atoms with Crippen LogP contribution in [0, 0.1) is 0 Å². The quantitative estimate of drug-likeness (QED) is 0.469. The summed E-state index contributed by atoms with van der Waals surface area (Å²) in [6.45, 7) is 0.780. The van der Waals surface area contributed by atoms with Crippen molar-refractivity contribution in [2.45, 2.75) is 11.3 Å². The van der Waals surface area contributed by atoms with E-state index in [4.69, 9.17) is 9.47 Å². The van der Waals surface area contributed by atoms with Crippen LogP contribution in [0.25, 0.3) is 6.08 Å². The lowest BCUT2D eigenvalue weighted by atomic mass is 10.2. The molecule has 0 unspecified atom stereocenters. The highest BCUT2D eigenvalue weighted by atomic mass is 32.2. The number of methoxy groups -OCH3 is 2. The number of nitrogens with one attached hydrogen (secondary N) is 2. The summed E-state index contributed by atoms with van der Waals surface area (Å²) in [5.74, 6) is 0.425. The number of carbonyl (C=O) groups excluding carboxylic acids is 1. The van der Waals surface area contributed by atoms with E-state index in [1.54, 1.807) is 44.6 Å². The molecule has 0 aliphatic heterocycles.